The van der Waals surface area contributed by atoms with Crippen molar-refractivity contribution in [3.63, 3.8) is 0 Å². The Morgan fingerprint density at radius 3 is 2.19 bits per heavy atom. The fourth-order valence-corrected chi connectivity index (χ4v) is 3.91. The molecule has 162 valence electrons. The van der Waals surface area contributed by atoms with Crippen molar-refractivity contribution < 1.29 is 22.7 Å². The third-order valence-corrected chi connectivity index (χ3v) is 5.79. The van der Waals surface area contributed by atoms with Crippen LogP contribution >= 0.6 is 0 Å². The van der Waals surface area contributed by atoms with Crippen molar-refractivity contribution in [2.24, 2.45) is 0 Å². The van der Waals surface area contributed by atoms with Crippen LogP contribution in [0.25, 0.3) is 0 Å². The summed E-state index contributed by atoms with van der Waals surface area (Å²) in [7, 11) is -2.23. The van der Waals surface area contributed by atoms with Crippen molar-refractivity contribution in [1.29, 1.82) is 0 Å². The largest absolute Gasteiger partial charge is 0.497 e. The van der Waals surface area contributed by atoms with E-state index >= 15 is 0 Å². The molecule has 0 aliphatic rings. The van der Waals surface area contributed by atoms with E-state index in [1.165, 1.54) is 12.1 Å². The Labute approximate surface area is 182 Å². The lowest BCUT2D eigenvalue weighted by Crippen LogP contribution is -2.37. The first-order chi connectivity index (χ1) is 14.9. The maximum Gasteiger partial charge on any atom is 0.261 e. The van der Waals surface area contributed by atoms with Crippen molar-refractivity contribution >= 4 is 21.6 Å². The van der Waals surface area contributed by atoms with E-state index in [9.17, 15) is 13.2 Å². The molecule has 0 aromatic heterocycles. The highest BCUT2D eigenvalue weighted by atomic mass is 32.2. The number of hydrogen-bond acceptors (Lipinski definition) is 5. The predicted octanol–water partition coefficient (Wildman–Crippen LogP) is 3.69. The van der Waals surface area contributed by atoms with Crippen LogP contribution in [-0.2, 0) is 10.0 Å². The van der Waals surface area contributed by atoms with Crippen molar-refractivity contribution in [3.8, 4) is 11.5 Å². The third kappa shape index (κ3) is 5.99. The number of para-hydroxylation sites is 1. The van der Waals surface area contributed by atoms with Crippen LogP contribution < -0.4 is 19.5 Å². The van der Waals surface area contributed by atoms with Crippen LogP contribution in [0.1, 0.15) is 17.3 Å². The minimum absolute atomic E-state index is 0.117. The average molecular weight is 441 g/mol. The van der Waals surface area contributed by atoms with Gasteiger partial charge in [-0.25, -0.2) is 8.42 Å². The molecule has 7 nitrogen and oxygen atoms in total. The molecule has 0 aliphatic carbocycles. The van der Waals surface area contributed by atoms with Gasteiger partial charge in [-0.3, -0.25) is 9.52 Å². The summed E-state index contributed by atoms with van der Waals surface area (Å²) in [6.45, 7) is 2.05. The van der Waals surface area contributed by atoms with E-state index in [1.54, 1.807) is 80.8 Å². The first kappa shape index (κ1) is 22.2. The summed E-state index contributed by atoms with van der Waals surface area (Å²) in [5.41, 5.74) is 0.422. The molecule has 1 atom stereocenters. The minimum Gasteiger partial charge on any atom is -0.497 e. The molecule has 0 saturated carbocycles. The summed E-state index contributed by atoms with van der Waals surface area (Å²) in [5.74, 6) is 0.971. The van der Waals surface area contributed by atoms with Gasteiger partial charge in [-0.1, -0.05) is 30.3 Å². The molecule has 2 N–H and O–H groups in total. The van der Waals surface area contributed by atoms with Crippen LogP contribution in [-0.4, -0.2) is 34.1 Å². The summed E-state index contributed by atoms with van der Waals surface area (Å²) in [6, 6.07) is 21.3. The summed E-state index contributed by atoms with van der Waals surface area (Å²) >= 11 is 0. The van der Waals surface area contributed by atoms with Gasteiger partial charge < -0.3 is 14.8 Å². The van der Waals surface area contributed by atoms with Gasteiger partial charge in [-0.15, -0.1) is 0 Å². The highest BCUT2D eigenvalue weighted by molar-refractivity contribution is 7.92. The Morgan fingerprint density at radius 2 is 1.52 bits per heavy atom. The lowest BCUT2D eigenvalue weighted by atomic mass is 10.1. The number of methoxy groups -OCH3 is 1. The minimum atomic E-state index is -3.81. The van der Waals surface area contributed by atoms with E-state index in [4.69, 9.17) is 9.47 Å². The maximum atomic E-state index is 12.8. The van der Waals surface area contributed by atoms with E-state index in [0.717, 1.165) is 5.75 Å². The van der Waals surface area contributed by atoms with Gasteiger partial charge in [-0.05, 0) is 55.5 Å². The second-order valence-electron chi connectivity index (χ2n) is 6.83. The first-order valence-electron chi connectivity index (χ1n) is 9.63. The SMILES string of the molecule is COc1ccc(OC[C@H](C)NC(=O)c2ccccc2NS(=O)(=O)c2ccccc2)cc1. The number of benzene rings is 3. The molecule has 8 heteroatoms. The van der Waals surface area contributed by atoms with Crippen LogP contribution in [0.3, 0.4) is 0 Å². The second kappa shape index (κ2) is 9.99. The van der Waals surface area contributed by atoms with E-state index in [1.807, 2.05) is 0 Å². The zero-order valence-electron chi connectivity index (χ0n) is 17.2. The number of hydrogen-bond donors (Lipinski definition) is 2. The second-order valence-corrected chi connectivity index (χ2v) is 8.51. The van der Waals surface area contributed by atoms with Crippen molar-refractivity contribution in [3.05, 3.63) is 84.4 Å². The zero-order valence-corrected chi connectivity index (χ0v) is 18.1. The van der Waals surface area contributed by atoms with Gasteiger partial charge in [0.1, 0.15) is 18.1 Å². The fourth-order valence-electron chi connectivity index (χ4n) is 2.81. The van der Waals surface area contributed by atoms with Crippen LogP contribution in [0.5, 0.6) is 11.5 Å². The molecule has 0 aliphatic heterocycles. The highest BCUT2D eigenvalue weighted by Crippen LogP contribution is 2.21. The molecule has 0 heterocycles. The first-order valence-corrected chi connectivity index (χ1v) is 11.1. The Morgan fingerprint density at radius 1 is 0.903 bits per heavy atom. The van der Waals surface area contributed by atoms with Crippen LogP contribution in [0, 0.1) is 0 Å². The standard InChI is InChI=1S/C23H24N2O5S/c1-17(16-30-19-14-12-18(29-2)13-15-19)24-23(26)21-10-6-7-11-22(21)25-31(27,28)20-8-4-3-5-9-20/h3-15,17,25H,16H2,1-2H3,(H,24,26)/t17-/m0/s1. The summed E-state index contributed by atoms with van der Waals surface area (Å²) in [4.78, 5) is 12.9. The molecule has 3 aromatic carbocycles. The third-order valence-electron chi connectivity index (χ3n) is 4.41. The van der Waals surface area contributed by atoms with Gasteiger partial charge in [0.15, 0.2) is 0 Å². The van der Waals surface area contributed by atoms with Gasteiger partial charge in [-0.2, -0.15) is 0 Å². The van der Waals surface area contributed by atoms with Crippen LogP contribution in [0.4, 0.5) is 5.69 Å². The molecular formula is C23H24N2O5S. The number of anilines is 1. The average Bonchev–Trinajstić information content (AvgIpc) is 2.78. The number of carbonyl (C=O) groups excluding carboxylic acids is 1. The normalized spacial score (nSPS) is 11.9. The molecular weight excluding hydrogens is 416 g/mol. The van der Waals surface area contributed by atoms with E-state index in [2.05, 4.69) is 10.0 Å². The molecule has 31 heavy (non-hydrogen) atoms. The van der Waals surface area contributed by atoms with E-state index in [0.29, 0.717) is 5.75 Å². The van der Waals surface area contributed by atoms with Gasteiger partial charge in [0.2, 0.25) is 0 Å². The number of nitrogens with one attached hydrogen (secondary N) is 2. The van der Waals surface area contributed by atoms with Crippen molar-refractivity contribution in [2.75, 3.05) is 18.4 Å². The number of ether oxygens (including phenoxy) is 2. The molecule has 0 unspecified atom stereocenters. The smallest absolute Gasteiger partial charge is 0.261 e. The van der Waals surface area contributed by atoms with E-state index < -0.39 is 15.9 Å². The Bertz CT molecular complexity index is 1120. The molecule has 3 rings (SSSR count). The Balaban J connectivity index is 1.65. The summed E-state index contributed by atoms with van der Waals surface area (Å²) < 4.78 is 38.6. The molecule has 0 radical (unpaired) electrons. The number of sulfonamides is 1. The van der Waals surface area contributed by atoms with Gasteiger partial charge >= 0.3 is 0 Å². The molecule has 0 fully saturated rings. The Hall–Kier alpha value is -3.52. The van der Waals surface area contributed by atoms with Gasteiger partial charge in [0.05, 0.1) is 29.3 Å². The van der Waals surface area contributed by atoms with Crippen LogP contribution in [0.15, 0.2) is 83.8 Å². The topological polar surface area (TPSA) is 93.7 Å². The van der Waals surface area contributed by atoms with Gasteiger partial charge in [0.25, 0.3) is 15.9 Å². The molecule has 0 spiro atoms. The quantitative estimate of drug-likeness (QED) is 0.529. The predicted molar refractivity (Wildman–Crippen MR) is 119 cm³/mol. The lowest BCUT2D eigenvalue weighted by Gasteiger charge is -2.17. The van der Waals surface area contributed by atoms with Crippen molar-refractivity contribution in [2.45, 2.75) is 17.9 Å². The number of rotatable bonds is 9. The van der Waals surface area contributed by atoms with Crippen LogP contribution in [0.2, 0.25) is 0 Å². The summed E-state index contributed by atoms with van der Waals surface area (Å²) in [6.07, 6.45) is 0. The number of carbonyl (C=O) groups is 1. The number of amides is 1. The monoisotopic (exact) mass is 440 g/mol. The zero-order chi connectivity index (χ0) is 22.3. The van der Waals surface area contributed by atoms with Gasteiger partial charge in [0, 0.05) is 0 Å². The maximum absolute atomic E-state index is 12.8. The molecule has 3 aromatic rings. The summed E-state index contributed by atoms with van der Waals surface area (Å²) in [5, 5.41) is 2.83. The fraction of sp³-hybridized carbons (Fsp3) is 0.174. The Kier molecular flexibility index (Phi) is 7.15. The molecule has 1 amide bonds. The highest BCUT2D eigenvalue weighted by Gasteiger charge is 2.19. The van der Waals surface area contributed by atoms with E-state index in [-0.39, 0.29) is 28.8 Å². The lowest BCUT2D eigenvalue weighted by molar-refractivity contribution is 0.0927. The molecule has 0 saturated heterocycles. The molecule has 0 bridgehead atoms. The van der Waals surface area contributed by atoms with Crippen molar-refractivity contribution in [1.82, 2.24) is 5.32 Å².